The molecule has 1 aromatic carbocycles. The van der Waals surface area contributed by atoms with E-state index in [0.29, 0.717) is 11.3 Å². The van der Waals surface area contributed by atoms with Crippen molar-refractivity contribution in [3.05, 3.63) is 29.1 Å². The minimum atomic E-state index is -0.600. The zero-order chi connectivity index (χ0) is 10.9. The lowest BCUT2D eigenvalue weighted by Gasteiger charge is -2.24. The monoisotopic (exact) mass is 197 g/mol. The van der Waals surface area contributed by atoms with Crippen LogP contribution in [-0.4, -0.2) is 7.11 Å². The Labute approximate surface area is 83.9 Å². The smallest absolute Gasteiger partial charge is 0.126 e. The molecule has 2 N–H and O–H groups in total. The van der Waals surface area contributed by atoms with Crippen LogP contribution in [0.2, 0.25) is 0 Å². The fraction of sp³-hybridized carbons (Fsp3) is 0.455. The molecule has 0 heterocycles. The summed E-state index contributed by atoms with van der Waals surface area (Å²) in [6.07, 6.45) is 0. The van der Waals surface area contributed by atoms with Gasteiger partial charge in [-0.25, -0.2) is 4.39 Å². The Bertz CT molecular complexity index is 342. The average Bonchev–Trinajstić information content (AvgIpc) is 2.07. The summed E-state index contributed by atoms with van der Waals surface area (Å²) in [5.41, 5.74) is 6.63. The molecular formula is C11H16FNO. The van der Waals surface area contributed by atoms with E-state index >= 15 is 0 Å². The molecule has 1 aromatic rings. The van der Waals surface area contributed by atoms with E-state index in [2.05, 4.69) is 0 Å². The van der Waals surface area contributed by atoms with Crippen LogP contribution in [0, 0.1) is 12.7 Å². The number of benzene rings is 1. The standard InChI is InChI=1S/C11H16FNO/c1-7-8(12)5-6-9(14-4)10(7)11(2,3)13/h5-6H,13H2,1-4H3. The first-order chi connectivity index (χ1) is 6.38. The molecule has 0 unspecified atom stereocenters. The third kappa shape index (κ3) is 1.87. The SMILES string of the molecule is COc1ccc(F)c(C)c1C(C)(C)N. The fourth-order valence-electron chi connectivity index (χ4n) is 1.63. The minimum Gasteiger partial charge on any atom is -0.496 e. The maximum Gasteiger partial charge on any atom is 0.126 e. The largest absolute Gasteiger partial charge is 0.496 e. The van der Waals surface area contributed by atoms with Crippen molar-refractivity contribution in [2.75, 3.05) is 7.11 Å². The van der Waals surface area contributed by atoms with Gasteiger partial charge in [-0.2, -0.15) is 0 Å². The molecule has 14 heavy (non-hydrogen) atoms. The molecular weight excluding hydrogens is 181 g/mol. The van der Waals surface area contributed by atoms with Gasteiger partial charge in [0.25, 0.3) is 0 Å². The van der Waals surface area contributed by atoms with Crippen molar-refractivity contribution < 1.29 is 9.13 Å². The molecule has 0 aliphatic carbocycles. The highest BCUT2D eigenvalue weighted by molar-refractivity contribution is 5.44. The number of hydrogen-bond acceptors (Lipinski definition) is 2. The molecule has 0 saturated carbocycles. The summed E-state index contributed by atoms with van der Waals surface area (Å²) in [6, 6.07) is 3.00. The van der Waals surface area contributed by atoms with Crippen LogP contribution in [-0.2, 0) is 5.54 Å². The third-order valence-electron chi connectivity index (χ3n) is 2.22. The molecule has 0 saturated heterocycles. The average molecular weight is 197 g/mol. The lowest BCUT2D eigenvalue weighted by atomic mass is 9.90. The van der Waals surface area contributed by atoms with Gasteiger partial charge in [-0.3, -0.25) is 0 Å². The molecule has 0 aliphatic rings. The zero-order valence-corrected chi connectivity index (χ0v) is 9.02. The van der Waals surface area contributed by atoms with E-state index < -0.39 is 5.54 Å². The Morgan fingerprint density at radius 2 is 1.93 bits per heavy atom. The van der Waals surface area contributed by atoms with Gasteiger partial charge in [-0.1, -0.05) is 0 Å². The first-order valence-electron chi connectivity index (χ1n) is 4.50. The number of ether oxygens (including phenoxy) is 1. The Morgan fingerprint density at radius 1 is 1.36 bits per heavy atom. The van der Waals surface area contributed by atoms with Crippen LogP contribution in [0.3, 0.4) is 0 Å². The second kappa shape index (κ2) is 3.58. The van der Waals surface area contributed by atoms with Crippen molar-refractivity contribution in [3.63, 3.8) is 0 Å². The molecule has 0 atom stereocenters. The van der Waals surface area contributed by atoms with Gasteiger partial charge in [0, 0.05) is 11.1 Å². The van der Waals surface area contributed by atoms with Crippen LogP contribution < -0.4 is 10.5 Å². The summed E-state index contributed by atoms with van der Waals surface area (Å²) in [4.78, 5) is 0. The van der Waals surface area contributed by atoms with Gasteiger partial charge in [0.15, 0.2) is 0 Å². The van der Waals surface area contributed by atoms with Gasteiger partial charge in [-0.05, 0) is 38.5 Å². The Kier molecular flexibility index (Phi) is 2.81. The molecule has 0 fully saturated rings. The van der Waals surface area contributed by atoms with E-state index in [4.69, 9.17) is 10.5 Å². The van der Waals surface area contributed by atoms with Crippen molar-refractivity contribution in [1.82, 2.24) is 0 Å². The Hall–Kier alpha value is -1.09. The van der Waals surface area contributed by atoms with E-state index in [1.165, 1.54) is 6.07 Å². The lowest BCUT2D eigenvalue weighted by molar-refractivity contribution is 0.391. The number of hydrogen-bond donors (Lipinski definition) is 1. The summed E-state index contributed by atoms with van der Waals surface area (Å²) < 4.78 is 18.5. The van der Waals surface area contributed by atoms with E-state index in [-0.39, 0.29) is 5.82 Å². The normalized spacial score (nSPS) is 11.6. The Morgan fingerprint density at radius 3 is 2.36 bits per heavy atom. The Balaban J connectivity index is 3.44. The van der Waals surface area contributed by atoms with E-state index in [1.807, 2.05) is 13.8 Å². The van der Waals surface area contributed by atoms with Gasteiger partial charge in [0.05, 0.1) is 7.11 Å². The molecule has 0 aliphatic heterocycles. The molecule has 0 amide bonds. The summed E-state index contributed by atoms with van der Waals surface area (Å²) in [5, 5.41) is 0. The van der Waals surface area contributed by atoms with Crippen LogP contribution in [0.5, 0.6) is 5.75 Å². The van der Waals surface area contributed by atoms with Crippen LogP contribution in [0.1, 0.15) is 25.0 Å². The first-order valence-corrected chi connectivity index (χ1v) is 4.50. The van der Waals surface area contributed by atoms with Crippen molar-refractivity contribution >= 4 is 0 Å². The van der Waals surface area contributed by atoms with Crippen LogP contribution in [0.25, 0.3) is 0 Å². The van der Waals surface area contributed by atoms with Gasteiger partial charge in [0.2, 0.25) is 0 Å². The molecule has 78 valence electrons. The summed E-state index contributed by atoms with van der Waals surface area (Å²) in [6.45, 7) is 5.37. The maximum absolute atomic E-state index is 13.3. The van der Waals surface area contributed by atoms with Crippen LogP contribution >= 0.6 is 0 Å². The second-order valence-electron chi connectivity index (χ2n) is 3.97. The van der Waals surface area contributed by atoms with Crippen molar-refractivity contribution in [1.29, 1.82) is 0 Å². The molecule has 2 nitrogen and oxygen atoms in total. The van der Waals surface area contributed by atoms with Crippen LogP contribution in [0.15, 0.2) is 12.1 Å². The number of methoxy groups -OCH3 is 1. The predicted molar refractivity (Wildman–Crippen MR) is 54.9 cm³/mol. The molecule has 0 radical (unpaired) electrons. The summed E-state index contributed by atoms with van der Waals surface area (Å²) in [5.74, 6) is 0.385. The van der Waals surface area contributed by atoms with Crippen molar-refractivity contribution in [2.45, 2.75) is 26.3 Å². The first kappa shape index (κ1) is 11.0. The lowest BCUT2D eigenvalue weighted by Crippen LogP contribution is -2.30. The third-order valence-corrected chi connectivity index (χ3v) is 2.22. The topological polar surface area (TPSA) is 35.2 Å². The second-order valence-corrected chi connectivity index (χ2v) is 3.97. The quantitative estimate of drug-likeness (QED) is 0.789. The predicted octanol–water partition coefficient (Wildman–Crippen LogP) is 2.34. The van der Waals surface area contributed by atoms with Gasteiger partial charge < -0.3 is 10.5 Å². The molecule has 1 rings (SSSR count). The van der Waals surface area contributed by atoms with Gasteiger partial charge in [0.1, 0.15) is 11.6 Å². The highest BCUT2D eigenvalue weighted by Gasteiger charge is 2.23. The maximum atomic E-state index is 13.3. The zero-order valence-electron chi connectivity index (χ0n) is 9.02. The van der Waals surface area contributed by atoms with Crippen LogP contribution in [0.4, 0.5) is 4.39 Å². The molecule has 3 heteroatoms. The molecule has 0 spiro atoms. The van der Waals surface area contributed by atoms with E-state index in [9.17, 15) is 4.39 Å². The van der Waals surface area contributed by atoms with E-state index in [0.717, 1.165) is 5.56 Å². The highest BCUT2D eigenvalue weighted by atomic mass is 19.1. The summed E-state index contributed by atoms with van der Waals surface area (Å²) in [7, 11) is 1.56. The number of rotatable bonds is 2. The number of halogens is 1. The fourth-order valence-corrected chi connectivity index (χ4v) is 1.63. The summed E-state index contributed by atoms with van der Waals surface area (Å²) >= 11 is 0. The molecule has 0 bridgehead atoms. The van der Waals surface area contributed by atoms with Gasteiger partial charge in [-0.15, -0.1) is 0 Å². The minimum absolute atomic E-state index is 0.251. The van der Waals surface area contributed by atoms with Crippen molar-refractivity contribution in [2.24, 2.45) is 5.73 Å². The number of nitrogens with two attached hydrogens (primary N) is 1. The van der Waals surface area contributed by atoms with E-state index in [1.54, 1.807) is 20.1 Å². The van der Waals surface area contributed by atoms with Gasteiger partial charge >= 0.3 is 0 Å². The highest BCUT2D eigenvalue weighted by Crippen LogP contribution is 2.32. The molecule has 0 aromatic heterocycles. The van der Waals surface area contributed by atoms with Crippen molar-refractivity contribution in [3.8, 4) is 5.75 Å².